The van der Waals surface area contributed by atoms with Crippen molar-refractivity contribution < 1.29 is 24.9 Å². The van der Waals surface area contributed by atoms with Crippen molar-refractivity contribution in [2.24, 2.45) is 5.92 Å². The Kier molecular flexibility index (Phi) is 8.07. The molecular formula is C29H34O5. The molecule has 4 rings (SSSR count). The molecule has 1 saturated carbocycles. The molecule has 0 bridgehead atoms. The first kappa shape index (κ1) is 24.1. The molecule has 3 N–H and O–H groups in total. The number of benzene rings is 3. The average molecular weight is 463 g/mol. The third kappa shape index (κ3) is 6.73. The Labute approximate surface area is 201 Å². The zero-order valence-electron chi connectivity index (χ0n) is 19.6. The van der Waals surface area contributed by atoms with E-state index in [0.717, 1.165) is 34.2 Å². The van der Waals surface area contributed by atoms with Gasteiger partial charge in [0.2, 0.25) is 0 Å². The fraction of sp³-hybridized carbons (Fsp3) is 0.414. The molecule has 3 aromatic rings. The second-order valence-corrected chi connectivity index (χ2v) is 9.58. The van der Waals surface area contributed by atoms with Gasteiger partial charge >= 0.3 is 0 Å². The lowest BCUT2D eigenvalue weighted by Gasteiger charge is -2.13. The van der Waals surface area contributed by atoms with E-state index in [9.17, 15) is 20.1 Å². The van der Waals surface area contributed by atoms with Gasteiger partial charge in [-0.25, -0.2) is 0 Å². The number of carbonyl (C=O) groups is 1. The van der Waals surface area contributed by atoms with E-state index in [1.807, 2.05) is 24.3 Å². The van der Waals surface area contributed by atoms with Crippen LogP contribution in [-0.4, -0.2) is 27.2 Å². The largest absolute Gasteiger partial charge is 0.508 e. The van der Waals surface area contributed by atoms with E-state index in [2.05, 4.69) is 0 Å². The second kappa shape index (κ2) is 11.4. The van der Waals surface area contributed by atoms with Crippen LogP contribution in [0, 0.1) is 5.92 Å². The summed E-state index contributed by atoms with van der Waals surface area (Å²) in [4.78, 5) is 12.4. The van der Waals surface area contributed by atoms with Crippen LogP contribution in [0.25, 0.3) is 10.8 Å². The Morgan fingerprint density at radius 2 is 1.68 bits per heavy atom. The van der Waals surface area contributed by atoms with E-state index < -0.39 is 6.10 Å². The quantitative estimate of drug-likeness (QED) is 0.323. The monoisotopic (exact) mass is 462 g/mol. The summed E-state index contributed by atoms with van der Waals surface area (Å²) in [5.74, 6) is 1.46. The summed E-state index contributed by atoms with van der Waals surface area (Å²) >= 11 is 0. The van der Waals surface area contributed by atoms with Crippen LogP contribution in [0.3, 0.4) is 0 Å². The highest BCUT2D eigenvalue weighted by Crippen LogP contribution is 2.30. The lowest BCUT2D eigenvalue weighted by Crippen LogP contribution is -2.15. The van der Waals surface area contributed by atoms with Crippen LogP contribution < -0.4 is 4.74 Å². The van der Waals surface area contributed by atoms with Crippen molar-refractivity contribution in [2.45, 2.75) is 70.5 Å². The Hall–Kier alpha value is -3.05. The molecule has 180 valence electrons. The number of rotatable bonds is 11. The van der Waals surface area contributed by atoms with E-state index >= 15 is 0 Å². The molecule has 0 spiro atoms. The topological polar surface area (TPSA) is 87.0 Å². The molecule has 0 aliphatic heterocycles. The Morgan fingerprint density at radius 3 is 2.50 bits per heavy atom. The van der Waals surface area contributed by atoms with Crippen LogP contribution in [0.5, 0.6) is 17.2 Å². The van der Waals surface area contributed by atoms with Crippen molar-refractivity contribution in [3.8, 4) is 17.2 Å². The molecule has 0 saturated heterocycles. The van der Waals surface area contributed by atoms with Crippen LogP contribution in [0.15, 0.2) is 54.6 Å². The van der Waals surface area contributed by atoms with Gasteiger partial charge in [-0.15, -0.1) is 0 Å². The minimum atomic E-state index is -0.544. The average Bonchev–Trinajstić information content (AvgIpc) is 3.35. The molecule has 0 amide bonds. The molecule has 1 unspecified atom stereocenters. The Balaban J connectivity index is 1.26. The first-order valence-electron chi connectivity index (χ1n) is 12.3. The van der Waals surface area contributed by atoms with Gasteiger partial charge < -0.3 is 20.1 Å². The number of hydrogen-bond acceptors (Lipinski definition) is 5. The number of ketones is 1. The molecule has 1 fully saturated rings. The summed E-state index contributed by atoms with van der Waals surface area (Å²) in [6.45, 7) is 0.292. The molecule has 1 aliphatic rings. The van der Waals surface area contributed by atoms with Gasteiger partial charge in [-0.1, -0.05) is 49.9 Å². The highest BCUT2D eigenvalue weighted by atomic mass is 16.5. The van der Waals surface area contributed by atoms with E-state index in [1.165, 1.54) is 25.7 Å². The van der Waals surface area contributed by atoms with Gasteiger partial charge in [-0.3, -0.25) is 4.79 Å². The standard InChI is InChI=1S/C29H34O5/c30-25-13-10-23-15-22(5-9-24(23)17-25)19-34-29-16-21(8-14-28(29)33)7-12-27(32)18-26(31)11-6-20-3-1-2-4-20/h5,8-10,13-17,20,26,30-31,33H,1-4,6-7,11-12,18-19H2. The normalized spacial score (nSPS) is 15.0. The number of aliphatic hydroxyl groups excluding tert-OH is 1. The molecule has 5 heteroatoms. The van der Waals surface area contributed by atoms with Crippen molar-refractivity contribution in [2.75, 3.05) is 0 Å². The molecule has 34 heavy (non-hydrogen) atoms. The molecule has 0 aromatic heterocycles. The molecule has 3 aromatic carbocycles. The maximum absolute atomic E-state index is 12.4. The summed E-state index contributed by atoms with van der Waals surface area (Å²) in [7, 11) is 0. The fourth-order valence-electron chi connectivity index (χ4n) is 4.84. The molecule has 1 aliphatic carbocycles. The third-order valence-electron chi connectivity index (χ3n) is 6.85. The van der Waals surface area contributed by atoms with Gasteiger partial charge in [0.15, 0.2) is 11.5 Å². The molecule has 0 radical (unpaired) electrons. The number of ether oxygens (including phenoxy) is 1. The summed E-state index contributed by atoms with van der Waals surface area (Å²) in [6, 6.07) is 16.2. The fourth-order valence-corrected chi connectivity index (χ4v) is 4.84. The predicted octanol–water partition coefficient (Wildman–Crippen LogP) is 6.05. The third-order valence-corrected chi connectivity index (χ3v) is 6.85. The van der Waals surface area contributed by atoms with Gasteiger partial charge in [0.1, 0.15) is 18.1 Å². The van der Waals surface area contributed by atoms with Crippen LogP contribution in [0.4, 0.5) is 0 Å². The van der Waals surface area contributed by atoms with Gasteiger partial charge in [-0.05, 0) is 77.4 Å². The van der Waals surface area contributed by atoms with E-state index in [-0.39, 0.29) is 23.7 Å². The molecule has 5 nitrogen and oxygen atoms in total. The number of hydrogen-bond donors (Lipinski definition) is 3. The number of aliphatic hydroxyl groups is 1. The minimum absolute atomic E-state index is 0.0584. The zero-order valence-corrected chi connectivity index (χ0v) is 19.6. The summed E-state index contributed by atoms with van der Waals surface area (Å²) in [5.41, 5.74) is 1.86. The number of carbonyl (C=O) groups excluding carboxylic acids is 1. The number of Topliss-reactive ketones (excluding diaryl/α,β-unsaturated/α-hetero) is 1. The van der Waals surface area contributed by atoms with E-state index in [4.69, 9.17) is 4.74 Å². The minimum Gasteiger partial charge on any atom is -0.508 e. The zero-order chi connectivity index (χ0) is 23.9. The van der Waals surface area contributed by atoms with Crippen LogP contribution in [-0.2, 0) is 17.8 Å². The van der Waals surface area contributed by atoms with E-state index in [1.54, 1.807) is 30.3 Å². The first-order chi connectivity index (χ1) is 16.5. The SMILES string of the molecule is O=C(CCc1ccc(O)c(OCc2ccc3cc(O)ccc3c2)c1)CC(O)CCC1CCCC1. The van der Waals surface area contributed by atoms with Crippen LogP contribution in [0.1, 0.15) is 62.5 Å². The van der Waals surface area contributed by atoms with Crippen molar-refractivity contribution in [3.63, 3.8) is 0 Å². The lowest BCUT2D eigenvalue weighted by atomic mass is 9.96. The number of aryl methyl sites for hydroxylation is 1. The number of fused-ring (bicyclic) bond motifs is 1. The summed E-state index contributed by atoms with van der Waals surface area (Å²) in [6.07, 6.45) is 7.43. The molecule has 0 heterocycles. The Bertz CT molecular complexity index is 1120. The highest BCUT2D eigenvalue weighted by molar-refractivity contribution is 5.84. The number of phenolic OH excluding ortho intramolecular Hbond substituents is 2. The molecular weight excluding hydrogens is 428 g/mol. The molecule has 1 atom stereocenters. The predicted molar refractivity (Wildman–Crippen MR) is 133 cm³/mol. The number of aromatic hydroxyl groups is 2. The van der Waals surface area contributed by atoms with Crippen molar-refractivity contribution >= 4 is 16.6 Å². The first-order valence-corrected chi connectivity index (χ1v) is 12.3. The van der Waals surface area contributed by atoms with Crippen molar-refractivity contribution in [3.05, 3.63) is 65.7 Å². The van der Waals surface area contributed by atoms with Gasteiger partial charge in [-0.2, -0.15) is 0 Å². The smallest absolute Gasteiger partial charge is 0.161 e. The van der Waals surface area contributed by atoms with Crippen LogP contribution >= 0.6 is 0 Å². The maximum atomic E-state index is 12.4. The number of phenols is 2. The van der Waals surface area contributed by atoms with E-state index in [0.29, 0.717) is 31.6 Å². The van der Waals surface area contributed by atoms with Crippen molar-refractivity contribution in [1.29, 1.82) is 0 Å². The summed E-state index contributed by atoms with van der Waals surface area (Å²) in [5, 5.41) is 32.0. The van der Waals surface area contributed by atoms with Gasteiger partial charge in [0, 0.05) is 12.8 Å². The lowest BCUT2D eigenvalue weighted by molar-refractivity contribution is -0.121. The second-order valence-electron chi connectivity index (χ2n) is 9.58. The Morgan fingerprint density at radius 1 is 0.941 bits per heavy atom. The van der Waals surface area contributed by atoms with Crippen molar-refractivity contribution in [1.82, 2.24) is 0 Å². The summed E-state index contributed by atoms with van der Waals surface area (Å²) < 4.78 is 5.86. The highest BCUT2D eigenvalue weighted by Gasteiger charge is 2.18. The van der Waals surface area contributed by atoms with Gasteiger partial charge in [0.05, 0.1) is 6.10 Å². The van der Waals surface area contributed by atoms with Crippen LogP contribution in [0.2, 0.25) is 0 Å². The van der Waals surface area contributed by atoms with Gasteiger partial charge in [0.25, 0.3) is 0 Å². The maximum Gasteiger partial charge on any atom is 0.161 e.